The summed E-state index contributed by atoms with van der Waals surface area (Å²) in [5.41, 5.74) is 17.6. The lowest BCUT2D eigenvalue weighted by atomic mass is 9.72. The molecule has 0 aliphatic heterocycles. The highest BCUT2D eigenvalue weighted by Crippen LogP contribution is 2.61. The number of hydrogen-bond donors (Lipinski definition) is 0. The number of hydrogen-bond acceptors (Lipinski definition) is 2. The van der Waals surface area contributed by atoms with Crippen molar-refractivity contribution >= 4 is 44.9 Å². The van der Waals surface area contributed by atoms with Gasteiger partial charge in [0.15, 0.2) is 0 Å². The van der Waals surface area contributed by atoms with Gasteiger partial charge in [0.25, 0.3) is 0 Å². The molecular formula is C52H42N2. The van der Waals surface area contributed by atoms with Crippen molar-refractivity contribution in [2.24, 2.45) is 0 Å². The van der Waals surface area contributed by atoms with E-state index in [1.54, 1.807) is 0 Å². The summed E-state index contributed by atoms with van der Waals surface area (Å²) in [6.45, 7) is 9.77. The van der Waals surface area contributed by atoms with Crippen LogP contribution in [0.1, 0.15) is 49.9 Å². The first-order chi connectivity index (χ1) is 26.3. The number of fused-ring (bicyclic) bond motifs is 9. The normalized spacial score (nSPS) is 14.2. The van der Waals surface area contributed by atoms with Crippen LogP contribution in [0.25, 0.3) is 33.0 Å². The summed E-state index contributed by atoms with van der Waals surface area (Å²) < 4.78 is 0. The molecule has 0 radical (unpaired) electrons. The molecular weight excluding hydrogens is 653 g/mol. The molecule has 2 aliphatic carbocycles. The third-order valence-electron chi connectivity index (χ3n) is 11.9. The van der Waals surface area contributed by atoms with Crippen LogP contribution in [0.5, 0.6) is 0 Å². The Morgan fingerprint density at radius 1 is 0.333 bits per heavy atom. The van der Waals surface area contributed by atoms with E-state index in [2.05, 4.69) is 219 Å². The lowest BCUT2D eigenvalue weighted by Crippen LogP contribution is -2.24. The molecule has 0 aromatic heterocycles. The minimum absolute atomic E-state index is 0.219. The van der Waals surface area contributed by atoms with E-state index in [4.69, 9.17) is 0 Å². The van der Waals surface area contributed by atoms with Crippen molar-refractivity contribution in [1.82, 2.24) is 0 Å². The molecule has 2 aliphatic rings. The Kier molecular flexibility index (Phi) is 7.22. The van der Waals surface area contributed by atoms with Crippen molar-refractivity contribution in [1.29, 1.82) is 0 Å². The number of benzene rings is 8. The Balaban J connectivity index is 1.17. The van der Waals surface area contributed by atoms with E-state index in [1.807, 2.05) is 0 Å². The second-order valence-corrected chi connectivity index (χ2v) is 15.8. The van der Waals surface area contributed by atoms with E-state index in [1.165, 1.54) is 66.7 Å². The molecule has 0 N–H and O–H groups in total. The summed E-state index contributed by atoms with van der Waals surface area (Å²) in [5, 5.41) is 2.55. The largest absolute Gasteiger partial charge is 0.310 e. The van der Waals surface area contributed by atoms with Crippen molar-refractivity contribution in [2.75, 3.05) is 9.80 Å². The highest BCUT2D eigenvalue weighted by atomic mass is 15.1. The fourth-order valence-electron chi connectivity index (χ4n) is 9.53. The summed E-state index contributed by atoms with van der Waals surface area (Å²) in [5.74, 6) is 0. The quantitative estimate of drug-likeness (QED) is 0.171. The van der Waals surface area contributed by atoms with Crippen LogP contribution in [0.3, 0.4) is 0 Å². The lowest BCUT2D eigenvalue weighted by molar-refractivity contribution is 0.601. The summed E-state index contributed by atoms with van der Waals surface area (Å²) in [4.78, 5) is 4.81. The van der Waals surface area contributed by atoms with Crippen molar-refractivity contribution in [3.8, 4) is 22.3 Å². The van der Waals surface area contributed by atoms with E-state index in [-0.39, 0.29) is 10.8 Å². The van der Waals surface area contributed by atoms with Gasteiger partial charge in [-0.15, -0.1) is 0 Å². The first-order valence-corrected chi connectivity index (χ1v) is 19.0. The standard InChI is InChI=1S/C52H42N2/c1-51(2)45-33-39(53(35-19-9-5-10-20-35)36-21-11-6-12-22-36)29-30-40(45)43-31-32-44-48-42-28-18-17-27-41(42)47(34-46(48)52(3,4)50(44)49(43)51)54(37-23-13-7-14-24-37)38-25-15-8-16-26-38/h5-34H,1-4H3. The molecule has 8 aromatic carbocycles. The molecule has 10 rings (SSSR count). The van der Waals surface area contributed by atoms with E-state index in [9.17, 15) is 0 Å². The van der Waals surface area contributed by atoms with Gasteiger partial charge in [0.2, 0.25) is 0 Å². The zero-order valence-electron chi connectivity index (χ0n) is 31.2. The van der Waals surface area contributed by atoms with Crippen LogP contribution in [0.4, 0.5) is 34.1 Å². The van der Waals surface area contributed by atoms with Crippen LogP contribution >= 0.6 is 0 Å². The SMILES string of the molecule is CC1(C)c2cc(N(c3ccccc3)c3ccccc3)ccc2-c2ccc3c(c21)C(C)(C)c1cc(N(c2ccccc2)c2ccccc2)c2ccccc2c1-3. The van der Waals surface area contributed by atoms with Crippen molar-refractivity contribution in [3.05, 3.63) is 204 Å². The number of para-hydroxylation sites is 4. The molecule has 0 amide bonds. The average Bonchev–Trinajstić information content (AvgIpc) is 3.58. The monoisotopic (exact) mass is 694 g/mol. The Bertz CT molecular complexity index is 2620. The van der Waals surface area contributed by atoms with Crippen molar-refractivity contribution in [2.45, 2.75) is 38.5 Å². The van der Waals surface area contributed by atoms with Crippen molar-refractivity contribution < 1.29 is 0 Å². The van der Waals surface area contributed by atoms with Gasteiger partial charge in [-0.2, -0.15) is 0 Å². The molecule has 260 valence electrons. The maximum atomic E-state index is 2.49. The smallest absolute Gasteiger partial charge is 0.0543 e. The number of anilines is 6. The molecule has 0 spiro atoms. The summed E-state index contributed by atoms with van der Waals surface area (Å²) >= 11 is 0. The number of nitrogens with zero attached hydrogens (tertiary/aromatic N) is 2. The molecule has 2 nitrogen and oxygen atoms in total. The van der Waals surface area contributed by atoms with Crippen LogP contribution < -0.4 is 9.80 Å². The average molecular weight is 695 g/mol. The Morgan fingerprint density at radius 2 is 0.759 bits per heavy atom. The molecule has 0 unspecified atom stereocenters. The fraction of sp³-hybridized carbons (Fsp3) is 0.115. The summed E-state index contributed by atoms with van der Waals surface area (Å²) in [6.07, 6.45) is 0. The predicted octanol–water partition coefficient (Wildman–Crippen LogP) is 14.4. The Hall–Kier alpha value is -6.38. The van der Waals surface area contributed by atoms with Crippen LogP contribution in [0, 0.1) is 0 Å². The van der Waals surface area contributed by atoms with Gasteiger partial charge in [0.05, 0.1) is 5.69 Å². The van der Waals surface area contributed by atoms with E-state index in [0.717, 1.165) is 22.7 Å². The fourth-order valence-corrected chi connectivity index (χ4v) is 9.53. The van der Waals surface area contributed by atoms with E-state index < -0.39 is 0 Å². The van der Waals surface area contributed by atoms with Gasteiger partial charge in [0, 0.05) is 44.7 Å². The molecule has 8 aromatic rings. The van der Waals surface area contributed by atoms with Crippen LogP contribution in [-0.4, -0.2) is 0 Å². The maximum absolute atomic E-state index is 2.49. The molecule has 0 atom stereocenters. The first kappa shape index (κ1) is 32.3. The van der Waals surface area contributed by atoms with Gasteiger partial charge in [-0.3, -0.25) is 0 Å². The second-order valence-electron chi connectivity index (χ2n) is 15.8. The number of rotatable bonds is 6. The third kappa shape index (κ3) is 4.73. The first-order valence-electron chi connectivity index (χ1n) is 19.0. The zero-order valence-corrected chi connectivity index (χ0v) is 31.2. The maximum Gasteiger partial charge on any atom is 0.0543 e. The molecule has 0 saturated heterocycles. The van der Waals surface area contributed by atoms with Crippen molar-refractivity contribution in [3.63, 3.8) is 0 Å². The topological polar surface area (TPSA) is 6.48 Å². The second kappa shape index (κ2) is 12.1. The Labute approximate surface area is 318 Å². The highest BCUT2D eigenvalue weighted by molar-refractivity contribution is 6.11. The molecule has 0 fully saturated rings. The van der Waals surface area contributed by atoms with E-state index >= 15 is 0 Å². The van der Waals surface area contributed by atoms with Crippen LogP contribution in [-0.2, 0) is 10.8 Å². The minimum Gasteiger partial charge on any atom is -0.310 e. The summed E-state index contributed by atoms with van der Waals surface area (Å²) in [7, 11) is 0. The highest BCUT2D eigenvalue weighted by Gasteiger charge is 2.47. The van der Waals surface area contributed by atoms with Crippen LogP contribution in [0.2, 0.25) is 0 Å². The van der Waals surface area contributed by atoms with Gasteiger partial charge in [0.1, 0.15) is 0 Å². The molecule has 54 heavy (non-hydrogen) atoms. The van der Waals surface area contributed by atoms with Gasteiger partial charge in [-0.25, -0.2) is 0 Å². The third-order valence-corrected chi connectivity index (χ3v) is 11.9. The molecule has 2 heteroatoms. The van der Waals surface area contributed by atoms with Gasteiger partial charge in [-0.1, -0.05) is 143 Å². The zero-order chi connectivity index (χ0) is 36.6. The Morgan fingerprint density at radius 3 is 1.31 bits per heavy atom. The molecule has 0 bridgehead atoms. The lowest BCUT2D eigenvalue weighted by Gasteiger charge is -2.32. The van der Waals surface area contributed by atoms with Gasteiger partial charge >= 0.3 is 0 Å². The molecule has 0 heterocycles. The summed E-state index contributed by atoms with van der Waals surface area (Å²) in [6, 6.07) is 66.5. The van der Waals surface area contributed by atoms with Crippen LogP contribution in [0.15, 0.2) is 182 Å². The van der Waals surface area contributed by atoms with E-state index in [0.29, 0.717) is 0 Å². The van der Waals surface area contributed by atoms with Gasteiger partial charge in [-0.05, 0) is 117 Å². The minimum atomic E-state index is -0.240. The molecule has 0 saturated carbocycles. The van der Waals surface area contributed by atoms with Gasteiger partial charge < -0.3 is 9.80 Å². The predicted molar refractivity (Wildman–Crippen MR) is 228 cm³/mol.